The zero-order valence-electron chi connectivity index (χ0n) is 28.6. The number of hydrogen-bond acceptors (Lipinski definition) is 3. The van der Waals surface area contributed by atoms with E-state index in [9.17, 15) is 31.5 Å². The van der Waals surface area contributed by atoms with Crippen molar-refractivity contribution in [2.24, 2.45) is 0 Å². The highest BCUT2D eigenvalue weighted by molar-refractivity contribution is 6.31. The van der Waals surface area contributed by atoms with Crippen molar-refractivity contribution in [2.75, 3.05) is 6.54 Å². The maximum atomic E-state index is 14.6. The maximum absolute atomic E-state index is 14.6. The molecule has 2 aromatic heterocycles. The van der Waals surface area contributed by atoms with Crippen LogP contribution in [0, 0.1) is 11.6 Å². The predicted octanol–water partition coefficient (Wildman–Crippen LogP) is 9.55. The van der Waals surface area contributed by atoms with Crippen LogP contribution in [-0.2, 0) is 43.3 Å². The molecule has 1 amide bonds. The smallest absolute Gasteiger partial charge is 0.342 e. The quantitative estimate of drug-likeness (QED) is 0.134. The molecule has 6 nitrogen and oxygen atoms in total. The number of halogens is 6. The fraction of sp³-hybridized carbons (Fsp3) is 0.167. The fourth-order valence-corrected chi connectivity index (χ4v) is 6.75. The molecule has 5 aromatic carbocycles. The number of nitrogens with zero attached hydrogens (tertiary/aromatic N) is 3. The molecule has 12 heteroatoms. The number of carbonyl (C=O) groups is 1. The molecule has 0 unspecified atom stereocenters. The third-order valence-corrected chi connectivity index (χ3v) is 9.65. The van der Waals surface area contributed by atoms with E-state index in [1.807, 2.05) is 12.1 Å². The van der Waals surface area contributed by atoms with Gasteiger partial charge in [0.2, 0.25) is 5.91 Å². The van der Waals surface area contributed by atoms with Crippen LogP contribution in [-0.4, -0.2) is 31.9 Å². The Morgan fingerprint density at radius 2 is 1.54 bits per heavy atom. The normalized spacial score (nSPS) is 11.7. The number of H-pyrrole nitrogens is 1. The zero-order chi connectivity index (χ0) is 38.0. The highest BCUT2D eigenvalue weighted by atomic mass is 35.5. The topological polar surface area (TPSA) is 71.0 Å². The molecule has 0 saturated carbocycles. The summed E-state index contributed by atoms with van der Waals surface area (Å²) in [6, 6.07) is 29.8. The molecule has 0 aliphatic carbocycles. The van der Waals surface area contributed by atoms with Gasteiger partial charge in [-0.3, -0.25) is 9.59 Å². The summed E-state index contributed by atoms with van der Waals surface area (Å²) in [5, 5.41) is 0.968. The van der Waals surface area contributed by atoms with E-state index in [4.69, 9.17) is 11.6 Å². The summed E-state index contributed by atoms with van der Waals surface area (Å²) in [6.45, 7) is 0.302. The highest BCUT2D eigenvalue weighted by Gasteiger charge is 2.30. The molecular weight excluding hydrogens is 723 g/mol. The second kappa shape index (κ2) is 15.3. The molecule has 0 atom stereocenters. The van der Waals surface area contributed by atoms with Gasteiger partial charge in [-0.25, -0.2) is 13.8 Å². The van der Waals surface area contributed by atoms with Gasteiger partial charge in [-0.2, -0.15) is 13.2 Å². The molecule has 2 heterocycles. The van der Waals surface area contributed by atoms with Crippen LogP contribution in [0.15, 0.2) is 120 Å². The van der Waals surface area contributed by atoms with Gasteiger partial charge in [0.25, 0.3) is 0 Å². The Balaban J connectivity index is 1.18. The van der Waals surface area contributed by atoms with Crippen molar-refractivity contribution in [3.8, 4) is 11.1 Å². The van der Waals surface area contributed by atoms with Gasteiger partial charge in [-0.05, 0) is 83.6 Å². The van der Waals surface area contributed by atoms with Gasteiger partial charge < -0.3 is 14.5 Å². The maximum Gasteiger partial charge on any atom is 0.416 e. The summed E-state index contributed by atoms with van der Waals surface area (Å²) >= 11 is 6.17. The van der Waals surface area contributed by atoms with Crippen LogP contribution < -0.4 is 5.43 Å². The minimum Gasteiger partial charge on any atom is -0.342 e. The summed E-state index contributed by atoms with van der Waals surface area (Å²) in [5.74, 6) is -1.54. The van der Waals surface area contributed by atoms with E-state index in [2.05, 4.69) is 9.97 Å². The van der Waals surface area contributed by atoms with Gasteiger partial charge in [-0.15, -0.1) is 0 Å². The van der Waals surface area contributed by atoms with E-state index in [-0.39, 0.29) is 49.4 Å². The lowest BCUT2D eigenvalue weighted by Crippen LogP contribution is -2.36. The van der Waals surface area contributed by atoms with E-state index in [0.29, 0.717) is 45.0 Å². The minimum atomic E-state index is -4.44. The Labute approximate surface area is 311 Å². The Hall–Kier alpha value is -5.81. The first-order chi connectivity index (χ1) is 25.9. The summed E-state index contributed by atoms with van der Waals surface area (Å²) in [5.41, 5.74) is 3.79. The number of aromatic amines is 1. The molecule has 0 bridgehead atoms. The molecule has 54 heavy (non-hydrogen) atoms. The molecular formula is C42H32ClF5N4O2. The number of rotatable bonds is 11. The van der Waals surface area contributed by atoms with E-state index in [1.165, 1.54) is 30.3 Å². The van der Waals surface area contributed by atoms with Crippen molar-refractivity contribution in [2.45, 2.75) is 38.5 Å². The number of carbonyl (C=O) groups excluding carboxylic acids is 1. The number of para-hydroxylation sites is 1. The number of alkyl halides is 3. The molecule has 0 spiro atoms. The lowest BCUT2D eigenvalue weighted by atomic mass is 10.0. The Morgan fingerprint density at radius 3 is 2.28 bits per heavy atom. The van der Waals surface area contributed by atoms with Gasteiger partial charge in [0, 0.05) is 41.7 Å². The lowest BCUT2D eigenvalue weighted by molar-refractivity contribution is -0.137. The third kappa shape index (κ3) is 8.06. The van der Waals surface area contributed by atoms with Crippen LogP contribution in [0.4, 0.5) is 22.0 Å². The third-order valence-electron chi connectivity index (χ3n) is 9.42. The fourth-order valence-electron chi connectivity index (χ4n) is 6.57. The average Bonchev–Trinajstić information content (AvgIpc) is 3.57. The van der Waals surface area contributed by atoms with Crippen molar-refractivity contribution in [1.29, 1.82) is 0 Å². The van der Waals surface area contributed by atoms with Gasteiger partial charge in [0.05, 0.1) is 22.1 Å². The summed E-state index contributed by atoms with van der Waals surface area (Å²) in [6.07, 6.45) is -3.80. The Morgan fingerprint density at radius 1 is 0.815 bits per heavy atom. The highest BCUT2D eigenvalue weighted by Crippen LogP contribution is 2.31. The SMILES string of the molecule is O=C(Cn1c(CCc2cccc(F)c2F)cc(=O)c2ccccc21)N(CCc1nc2ccc(Cl)cc2[nH]1)Cc1ccc(-c2ccc(C(F)(F)F)cc2)cc1. The zero-order valence-corrected chi connectivity index (χ0v) is 29.4. The van der Waals surface area contributed by atoms with Crippen molar-refractivity contribution >= 4 is 39.4 Å². The summed E-state index contributed by atoms with van der Waals surface area (Å²) in [7, 11) is 0. The van der Waals surface area contributed by atoms with Crippen LogP contribution in [0.3, 0.4) is 0 Å². The molecule has 0 saturated heterocycles. The number of fused-ring (bicyclic) bond motifs is 2. The molecule has 274 valence electrons. The second-order valence-corrected chi connectivity index (χ2v) is 13.4. The number of pyridine rings is 1. The number of hydrogen-bond donors (Lipinski definition) is 1. The number of aryl methyl sites for hydroxylation is 2. The summed E-state index contributed by atoms with van der Waals surface area (Å²) < 4.78 is 69.7. The van der Waals surface area contributed by atoms with Crippen LogP contribution in [0.25, 0.3) is 33.1 Å². The van der Waals surface area contributed by atoms with Gasteiger partial charge in [-0.1, -0.05) is 72.3 Å². The number of aromatic nitrogens is 3. The van der Waals surface area contributed by atoms with Crippen LogP contribution in [0.5, 0.6) is 0 Å². The van der Waals surface area contributed by atoms with E-state index >= 15 is 0 Å². The first kappa shape index (κ1) is 36.5. The van der Waals surface area contributed by atoms with Crippen molar-refractivity contribution in [1.82, 2.24) is 19.4 Å². The first-order valence-electron chi connectivity index (χ1n) is 17.2. The van der Waals surface area contributed by atoms with E-state index in [1.54, 1.807) is 64.1 Å². The number of imidazole rings is 1. The second-order valence-electron chi connectivity index (χ2n) is 13.0. The number of benzene rings is 5. The van der Waals surface area contributed by atoms with Crippen LogP contribution in [0.2, 0.25) is 5.02 Å². The number of nitrogens with one attached hydrogen (secondary N) is 1. The largest absolute Gasteiger partial charge is 0.416 e. The molecule has 0 fully saturated rings. The average molecular weight is 755 g/mol. The van der Waals surface area contributed by atoms with Crippen LogP contribution >= 0.6 is 11.6 Å². The predicted molar refractivity (Wildman–Crippen MR) is 199 cm³/mol. The van der Waals surface area contributed by atoms with E-state index in [0.717, 1.165) is 34.8 Å². The molecule has 0 aliphatic rings. The molecule has 7 rings (SSSR count). The lowest BCUT2D eigenvalue weighted by Gasteiger charge is -2.25. The minimum absolute atomic E-state index is 0.0978. The van der Waals surface area contributed by atoms with E-state index < -0.39 is 23.4 Å². The van der Waals surface area contributed by atoms with Crippen molar-refractivity contribution < 1.29 is 26.7 Å². The molecule has 1 N–H and O–H groups in total. The summed E-state index contributed by atoms with van der Waals surface area (Å²) in [4.78, 5) is 37.2. The molecule has 7 aromatic rings. The molecule has 0 radical (unpaired) electrons. The van der Waals surface area contributed by atoms with Gasteiger partial charge in [0.1, 0.15) is 12.4 Å². The van der Waals surface area contributed by atoms with Crippen LogP contribution in [0.1, 0.15) is 28.2 Å². The Bertz CT molecular complexity index is 2530. The molecule has 0 aliphatic heterocycles. The standard InChI is InChI=1S/C42H32ClF5N4O2/c43-31-17-19-35-36(22-31)50-39(49-35)20-21-51(24-26-8-10-27(11-9-26)28-12-15-30(16-13-28)42(46,47)48)40(54)25-52-32(18-14-29-4-3-6-34(44)41(29)45)23-38(53)33-5-1-2-7-37(33)52/h1-13,15-17,19,22-23H,14,18,20-21,24-25H2,(H,49,50). The van der Waals surface area contributed by atoms with Crippen molar-refractivity contribution in [3.63, 3.8) is 0 Å². The Kier molecular flexibility index (Phi) is 10.3. The number of amides is 1. The first-order valence-corrected chi connectivity index (χ1v) is 17.5. The monoisotopic (exact) mass is 754 g/mol. The van der Waals surface area contributed by atoms with Gasteiger partial charge >= 0.3 is 6.18 Å². The van der Waals surface area contributed by atoms with Crippen molar-refractivity contribution in [3.05, 3.63) is 170 Å². The van der Waals surface area contributed by atoms with Gasteiger partial charge in [0.15, 0.2) is 17.1 Å².